The SMILES string of the molecule is Cc1sc2ncnc(N[C@@H](C)C(=O)NCCc3ccc(Cl)cc3)c2c1C. The first-order valence-corrected chi connectivity index (χ1v) is 9.64. The minimum atomic E-state index is -0.391. The Bertz CT molecular complexity index is 923. The Balaban J connectivity index is 1.60. The number of halogens is 1. The van der Waals surface area contributed by atoms with Gasteiger partial charge in [0.25, 0.3) is 0 Å². The van der Waals surface area contributed by atoms with Gasteiger partial charge in [-0.2, -0.15) is 0 Å². The zero-order valence-corrected chi connectivity index (χ0v) is 16.5. The first kappa shape index (κ1) is 18.6. The van der Waals surface area contributed by atoms with Crippen LogP contribution in [0, 0.1) is 13.8 Å². The van der Waals surface area contributed by atoms with Gasteiger partial charge in [0.15, 0.2) is 0 Å². The summed E-state index contributed by atoms with van der Waals surface area (Å²) in [6, 6.07) is 7.26. The highest BCUT2D eigenvalue weighted by Gasteiger charge is 2.17. The summed E-state index contributed by atoms with van der Waals surface area (Å²) in [5, 5.41) is 7.89. The summed E-state index contributed by atoms with van der Waals surface area (Å²) < 4.78 is 0. The minimum absolute atomic E-state index is 0.0599. The number of amides is 1. The van der Waals surface area contributed by atoms with Gasteiger partial charge in [-0.25, -0.2) is 9.97 Å². The number of nitrogens with one attached hydrogen (secondary N) is 2. The fourth-order valence-electron chi connectivity index (χ4n) is 2.70. The Morgan fingerprint density at radius 2 is 1.96 bits per heavy atom. The average Bonchev–Trinajstić information content (AvgIpc) is 2.91. The van der Waals surface area contributed by atoms with Crippen LogP contribution < -0.4 is 10.6 Å². The molecule has 3 aromatic rings. The van der Waals surface area contributed by atoms with Crippen molar-refractivity contribution in [1.82, 2.24) is 15.3 Å². The van der Waals surface area contributed by atoms with E-state index < -0.39 is 6.04 Å². The van der Waals surface area contributed by atoms with Gasteiger partial charge in [0.05, 0.1) is 5.39 Å². The van der Waals surface area contributed by atoms with Gasteiger partial charge >= 0.3 is 0 Å². The number of rotatable bonds is 6. The number of hydrogen-bond donors (Lipinski definition) is 2. The van der Waals surface area contributed by atoms with Gasteiger partial charge in [-0.15, -0.1) is 11.3 Å². The van der Waals surface area contributed by atoms with Gasteiger partial charge < -0.3 is 10.6 Å². The van der Waals surface area contributed by atoms with Crippen LogP contribution in [0.2, 0.25) is 5.02 Å². The molecule has 5 nitrogen and oxygen atoms in total. The van der Waals surface area contributed by atoms with E-state index in [2.05, 4.69) is 34.4 Å². The Labute approximate surface area is 161 Å². The van der Waals surface area contributed by atoms with E-state index in [1.54, 1.807) is 11.3 Å². The summed E-state index contributed by atoms with van der Waals surface area (Å²) in [4.78, 5) is 23.2. The number of hydrogen-bond acceptors (Lipinski definition) is 5. The van der Waals surface area contributed by atoms with Crippen LogP contribution in [0.25, 0.3) is 10.2 Å². The lowest BCUT2D eigenvalue weighted by Crippen LogP contribution is -2.38. The van der Waals surface area contributed by atoms with Crippen LogP contribution in [-0.2, 0) is 11.2 Å². The number of benzene rings is 1. The first-order chi connectivity index (χ1) is 12.5. The van der Waals surface area contributed by atoms with Gasteiger partial charge in [-0.1, -0.05) is 23.7 Å². The highest BCUT2D eigenvalue weighted by atomic mass is 35.5. The van der Waals surface area contributed by atoms with Crippen LogP contribution in [0.5, 0.6) is 0 Å². The average molecular weight is 389 g/mol. The van der Waals surface area contributed by atoms with Gasteiger partial charge in [0.1, 0.15) is 23.0 Å². The van der Waals surface area contributed by atoms with E-state index in [1.165, 1.54) is 11.2 Å². The van der Waals surface area contributed by atoms with Crippen LogP contribution in [0.15, 0.2) is 30.6 Å². The molecule has 0 unspecified atom stereocenters. The summed E-state index contributed by atoms with van der Waals surface area (Å²) in [6.45, 7) is 6.53. The summed E-state index contributed by atoms with van der Waals surface area (Å²) in [5.41, 5.74) is 2.29. The molecule has 2 aromatic heterocycles. The minimum Gasteiger partial charge on any atom is -0.358 e. The highest BCUT2D eigenvalue weighted by molar-refractivity contribution is 7.18. The maximum atomic E-state index is 12.4. The number of nitrogens with zero attached hydrogens (tertiary/aromatic N) is 2. The zero-order chi connectivity index (χ0) is 18.7. The topological polar surface area (TPSA) is 66.9 Å². The quantitative estimate of drug-likeness (QED) is 0.666. The van der Waals surface area contributed by atoms with Crippen molar-refractivity contribution in [3.63, 3.8) is 0 Å². The van der Waals surface area contributed by atoms with E-state index >= 15 is 0 Å². The number of aromatic nitrogens is 2. The number of anilines is 1. The highest BCUT2D eigenvalue weighted by Crippen LogP contribution is 2.32. The molecule has 136 valence electrons. The zero-order valence-electron chi connectivity index (χ0n) is 15.0. The van der Waals surface area contributed by atoms with E-state index in [4.69, 9.17) is 11.6 Å². The van der Waals surface area contributed by atoms with E-state index in [9.17, 15) is 4.79 Å². The summed E-state index contributed by atoms with van der Waals surface area (Å²) >= 11 is 7.52. The predicted molar refractivity (Wildman–Crippen MR) is 108 cm³/mol. The molecule has 1 atom stereocenters. The molecule has 0 aliphatic rings. The van der Waals surface area contributed by atoms with Crippen LogP contribution >= 0.6 is 22.9 Å². The van der Waals surface area contributed by atoms with Crippen LogP contribution in [0.4, 0.5) is 5.82 Å². The normalized spacial score (nSPS) is 12.2. The Morgan fingerprint density at radius 3 is 2.69 bits per heavy atom. The number of aryl methyl sites for hydroxylation is 2. The van der Waals surface area contributed by atoms with Crippen molar-refractivity contribution >= 4 is 44.9 Å². The van der Waals surface area contributed by atoms with Crippen molar-refractivity contribution in [2.75, 3.05) is 11.9 Å². The Kier molecular flexibility index (Phi) is 5.74. The van der Waals surface area contributed by atoms with E-state index in [0.29, 0.717) is 17.4 Å². The smallest absolute Gasteiger partial charge is 0.242 e. The van der Waals surface area contributed by atoms with Crippen molar-refractivity contribution in [3.05, 3.63) is 51.6 Å². The molecule has 0 bridgehead atoms. The standard InChI is InChI=1S/C19H21ClN4OS/c1-11-13(3)26-19-16(11)17(22-10-23-19)24-12(2)18(25)21-9-8-14-4-6-15(20)7-5-14/h4-7,10,12H,8-9H2,1-3H3,(H,21,25)(H,22,23,24)/t12-/m0/s1. The van der Waals surface area contributed by atoms with Crippen LogP contribution in [0.3, 0.4) is 0 Å². The molecule has 1 aromatic carbocycles. The molecule has 0 spiro atoms. The molecule has 26 heavy (non-hydrogen) atoms. The van der Waals surface area contributed by atoms with E-state index in [-0.39, 0.29) is 5.91 Å². The van der Waals surface area contributed by atoms with Gasteiger partial charge in [-0.05, 0) is 50.5 Å². The lowest BCUT2D eigenvalue weighted by atomic mass is 10.1. The van der Waals surface area contributed by atoms with Crippen molar-refractivity contribution in [2.24, 2.45) is 0 Å². The van der Waals surface area contributed by atoms with E-state index in [1.807, 2.05) is 31.2 Å². The predicted octanol–water partition coefficient (Wildman–Crippen LogP) is 4.12. The van der Waals surface area contributed by atoms with Crippen LogP contribution in [-0.4, -0.2) is 28.5 Å². The van der Waals surface area contributed by atoms with Crippen molar-refractivity contribution in [2.45, 2.75) is 33.2 Å². The maximum absolute atomic E-state index is 12.4. The molecule has 0 aliphatic heterocycles. The largest absolute Gasteiger partial charge is 0.358 e. The molecule has 2 heterocycles. The van der Waals surface area contributed by atoms with Crippen LogP contribution in [0.1, 0.15) is 22.9 Å². The second-order valence-electron chi connectivity index (χ2n) is 6.22. The summed E-state index contributed by atoms with van der Waals surface area (Å²) in [5.74, 6) is 0.646. The number of carbonyl (C=O) groups is 1. The second kappa shape index (κ2) is 8.01. The molecule has 1 amide bonds. The fraction of sp³-hybridized carbons (Fsp3) is 0.316. The maximum Gasteiger partial charge on any atom is 0.242 e. The van der Waals surface area contributed by atoms with Gasteiger partial charge in [-0.3, -0.25) is 4.79 Å². The third-order valence-corrected chi connectivity index (χ3v) is 5.71. The molecule has 0 radical (unpaired) electrons. The number of fused-ring (bicyclic) bond motifs is 1. The summed E-state index contributed by atoms with van der Waals surface area (Å²) in [7, 11) is 0. The number of thiophene rings is 1. The second-order valence-corrected chi connectivity index (χ2v) is 7.86. The first-order valence-electron chi connectivity index (χ1n) is 8.45. The molecule has 2 N–H and O–H groups in total. The lowest BCUT2D eigenvalue weighted by molar-refractivity contribution is -0.121. The van der Waals surface area contributed by atoms with Crippen molar-refractivity contribution in [3.8, 4) is 0 Å². The Morgan fingerprint density at radius 1 is 1.23 bits per heavy atom. The molecule has 3 rings (SSSR count). The van der Waals surface area contributed by atoms with Crippen molar-refractivity contribution in [1.29, 1.82) is 0 Å². The molecule has 0 aliphatic carbocycles. The lowest BCUT2D eigenvalue weighted by Gasteiger charge is -2.15. The molecule has 0 fully saturated rings. The van der Waals surface area contributed by atoms with Gasteiger partial charge in [0.2, 0.25) is 5.91 Å². The molecular formula is C19H21ClN4OS. The summed E-state index contributed by atoms with van der Waals surface area (Å²) in [6.07, 6.45) is 2.29. The monoisotopic (exact) mass is 388 g/mol. The third kappa shape index (κ3) is 4.14. The fourth-order valence-corrected chi connectivity index (χ4v) is 3.82. The molecule has 0 saturated carbocycles. The molecule has 0 saturated heterocycles. The Hall–Kier alpha value is -2.18. The van der Waals surface area contributed by atoms with Gasteiger partial charge in [0, 0.05) is 16.4 Å². The number of carbonyl (C=O) groups excluding carboxylic acids is 1. The molecular weight excluding hydrogens is 368 g/mol. The van der Waals surface area contributed by atoms with Crippen molar-refractivity contribution < 1.29 is 4.79 Å². The van der Waals surface area contributed by atoms with E-state index in [0.717, 1.165) is 27.8 Å². The third-order valence-electron chi connectivity index (χ3n) is 4.34. The molecule has 7 heteroatoms.